The summed E-state index contributed by atoms with van der Waals surface area (Å²) in [5.74, 6) is 0. The predicted octanol–water partition coefficient (Wildman–Crippen LogP) is 1.42. The van der Waals surface area contributed by atoms with Crippen LogP contribution < -0.4 is 15.8 Å². The maximum Gasteiger partial charge on any atom is 0.243 e. The van der Waals surface area contributed by atoms with Crippen LogP contribution in [0.3, 0.4) is 0 Å². The van der Waals surface area contributed by atoms with Crippen LogP contribution >= 0.6 is 12.2 Å². The Labute approximate surface area is 113 Å². The van der Waals surface area contributed by atoms with E-state index in [4.69, 9.17) is 18.0 Å². The zero-order valence-corrected chi connectivity index (χ0v) is 12.2. The van der Waals surface area contributed by atoms with Gasteiger partial charge in [-0.3, -0.25) is 0 Å². The van der Waals surface area contributed by atoms with Gasteiger partial charge in [-0.05, 0) is 45.1 Å². The van der Waals surface area contributed by atoms with Crippen LogP contribution in [0.15, 0.2) is 29.2 Å². The molecule has 1 aromatic rings. The highest BCUT2D eigenvalue weighted by atomic mass is 32.2. The summed E-state index contributed by atoms with van der Waals surface area (Å²) < 4.78 is 27.0. The summed E-state index contributed by atoms with van der Waals surface area (Å²) in [7, 11) is -3.62. The van der Waals surface area contributed by atoms with Gasteiger partial charge in [0.05, 0.1) is 5.69 Å². The molecule has 0 heterocycles. The second kappa shape index (κ2) is 5.21. The van der Waals surface area contributed by atoms with Crippen molar-refractivity contribution < 1.29 is 8.42 Å². The number of hydrogen-bond donors (Lipinski definition) is 3. The van der Waals surface area contributed by atoms with Gasteiger partial charge in [0.1, 0.15) is 4.90 Å². The summed E-state index contributed by atoms with van der Waals surface area (Å²) in [6.07, 6.45) is 0. The van der Waals surface area contributed by atoms with Crippen molar-refractivity contribution >= 4 is 33.0 Å². The molecule has 0 bridgehead atoms. The summed E-state index contributed by atoms with van der Waals surface area (Å²) >= 11 is 4.72. The lowest BCUT2D eigenvalue weighted by Gasteiger charge is -2.21. The van der Waals surface area contributed by atoms with E-state index < -0.39 is 15.6 Å². The minimum Gasteiger partial charge on any atom is -0.376 e. The summed E-state index contributed by atoms with van der Waals surface area (Å²) in [6.45, 7) is 5.32. The molecular formula is C11H17N3O2S2. The van der Waals surface area contributed by atoms with Crippen LogP contribution in [0.4, 0.5) is 5.69 Å². The minimum absolute atomic E-state index is 0.0217. The monoisotopic (exact) mass is 287 g/mol. The number of thiocarbonyl (C=S) groups is 1. The lowest BCUT2D eigenvalue weighted by Crippen LogP contribution is -2.40. The summed E-state index contributed by atoms with van der Waals surface area (Å²) in [5.41, 5.74) is 5.17. The third-order valence-electron chi connectivity index (χ3n) is 1.87. The summed E-state index contributed by atoms with van der Waals surface area (Å²) in [4.78, 5) is 0.118. The molecule has 4 N–H and O–H groups in total. The predicted molar refractivity (Wildman–Crippen MR) is 76.9 cm³/mol. The highest BCUT2D eigenvalue weighted by Crippen LogP contribution is 2.21. The lowest BCUT2D eigenvalue weighted by atomic mass is 10.1. The van der Waals surface area contributed by atoms with Crippen molar-refractivity contribution in [3.8, 4) is 0 Å². The molecule has 1 aromatic carbocycles. The van der Waals surface area contributed by atoms with E-state index in [-0.39, 0.29) is 10.0 Å². The minimum atomic E-state index is -3.62. The molecule has 18 heavy (non-hydrogen) atoms. The van der Waals surface area contributed by atoms with Crippen molar-refractivity contribution in [3.05, 3.63) is 24.3 Å². The molecule has 0 unspecified atom stereocenters. The van der Waals surface area contributed by atoms with Gasteiger partial charge < -0.3 is 11.1 Å². The number of nitrogens with one attached hydrogen (secondary N) is 2. The molecule has 7 heteroatoms. The molecule has 0 saturated carbocycles. The van der Waals surface area contributed by atoms with Gasteiger partial charge in [-0.2, -0.15) is 0 Å². The third kappa shape index (κ3) is 4.25. The van der Waals surface area contributed by atoms with Crippen LogP contribution in [0, 0.1) is 0 Å². The fourth-order valence-corrected chi connectivity index (χ4v) is 3.09. The molecule has 0 aromatic heterocycles. The van der Waals surface area contributed by atoms with E-state index in [1.54, 1.807) is 39.0 Å². The summed E-state index contributed by atoms with van der Waals surface area (Å²) in [6, 6.07) is 6.45. The Morgan fingerprint density at radius 2 is 1.83 bits per heavy atom. The van der Waals surface area contributed by atoms with E-state index in [9.17, 15) is 8.42 Å². The second-order valence-electron chi connectivity index (χ2n) is 4.84. The first-order chi connectivity index (χ1) is 8.12. The van der Waals surface area contributed by atoms with Gasteiger partial charge in [0.2, 0.25) is 10.0 Å². The lowest BCUT2D eigenvalue weighted by molar-refractivity contribution is 0.492. The van der Waals surface area contributed by atoms with Gasteiger partial charge in [-0.25, -0.2) is 13.1 Å². The Balaban J connectivity index is 3.20. The van der Waals surface area contributed by atoms with Gasteiger partial charge in [-0.1, -0.05) is 12.1 Å². The van der Waals surface area contributed by atoms with E-state index in [0.29, 0.717) is 5.69 Å². The quantitative estimate of drug-likeness (QED) is 0.732. The maximum absolute atomic E-state index is 12.2. The average molecular weight is 287 g/mol. The first-order valence-corrected chi connectivity index (χ1v) is 7.20. The van der Waals surface area contributed by atoms with Crippen molar-refractivity contribution in [1.82, 2.24) is 4.72 Å². The number of para-hydroxylation sites is 1. The highest BCUT2D eigenvalue weighted by molar-refractivity contribution is 7.89. The van der Waals surface area contributed by atoms with Crippen LogP contribution in [-0.4, -0.2) is 19.1 Å². The van der Waals surface area contributed by atoms with E-state index in [1.807, 2.05) is 0 Å². The summed E-state index contributed by atoms with van der Waals surface area (Å²) in [5, 5.41) is 2.68. The van der Waals surface area contributed by atoms with Crippen LogP contribution in [0.1, 0.15) is 20.8 Å². The standard InChI is InChI=1S/C11H17N3O2S2/c1-11(2,3)14-18(15,16)9-7-5-4-6-8(9)13-10(12)17/h4-7,14H,1-3H3,(H3,12,13,17). The number of hydrogen-bond acceptors (Lipinski definition) is 3. The van der Waals surface area contributed by atoms with Crippen molar-refractivity contribution in [2.45, 2.75) is 31.2 Å². The van der Waals surface area contributed by atoms with Crippen LogP contribution in [0.5, 0.6) is 0 Å². The SMILES string of the molecule is CC(C)(C)NS(=O)(=O)c1ccccc1NC(N)=S. The fraction of sp³-hybridized carbons (Fsp3) is 0.364. The third-order valence-corrected chi connectivity index (χ3v) is 3.79. The molecule has 0 radical (unpaired) electrons. The first-order valence-electron chi connectivity index (χ1n) is 5.31. The van der Waals surface area contributed by atoms with Crippen molar-refractivity contribution in [2.75, 3.05) is 5.32 Å². The van der Waals surface area contributed by atoms with E-state index in [1.165, 1.54) is 6.07 Å². The topological polar surface area (TPSA) is 84.2 Å². The van der Waals surface area contributed by atoms with E-state index >= 15 is 0 Å². The average Bonchev–Trinajstić information content (AvgIpc) is 2.13. The molecule has 0 spiro atoms. The highest BCUT2D eigenvalue weighted by Gasteiger charge is 2.24. The smallest absolute Gasteiger partial charge is 0.243 e. The van der Waals surface area contributed by atoms with Gasteiger partial charge >= 0.3 is 0 Å². The second-order valence-corrected chi connectivity index (χ2v) is 6.93. The molecule has 100 valence electrons. The molecule has 0 atom stereocenters. The molecule has 0 saturated heterocycles. The van der Waals surface area contributed by atoms with Crippen LogP contribution in [-0.2, 0) is 10.0 Å². The molecule has 0 aliphatic rings. The zero-order chi connectivity index (χ0) is 14.0. The molecule has 5 nitrogen and oxygen atoms in total. The maximum atomic E-state index is 12.2. The number of nitrogens with two attached hydrogens (primary N) is 1. The molecule has 1 rings (SSSR count). The molecular weight excluding hydrogens is 270 g/mol. The van der Waals surface area contributed by atoms with E-state index in [2.05, 4.69) is 10.0 Å². The number of sulfonamides is 1. The van der Waals surface area contributed by atoms with Crippen LogP contribution in [0.25, 0.3) is 0 Å². The molecule has 0 amide bonds. The van der Waals surface area contributed by atoms with Crippen molar-refractivity contribution in [2.24, 2.45) is 5.73 Å². The zero-order valence-electron chi connectivity index (χ0n) is 10.5. The molecule has 0 fully saturated rings. The van der Waals surface area contributed by atoms with Gasteiger partial charge in [0.25, 0.3) is 0 Å². The number of benzene rings is 1. The fourth-order valence-electron chi connectivity index (χ4n) is 1.40. The van der Waals surface area contributed by atoms with E-state index in [0.717, 1.165) is 0 Å². The van der Waals surface area contributed by atoms with Gasteiger partial charge in [0.15, 0.2) is 5.11 Å². The first kappa shape index (κ1) is 14.9. The molecule has 0 aliphatic heterocycles. The number of anilines is 1. The normalized spacial score (nSPS) is 12.2. The van der Waals surface area contributed by atoms with Crippen LogP contribution in [0.2, 0.25) is 0 Å². The largest absolute Gasteiger partial charge is 0.376 e. The van der Waals surface area contributed by atoms with Gasteiger partial charge in [0, 0.05) is 5.54 Å². The Bertz CT molecular complexity index is 548. The Morgan fingerprint density at radius 1 is 1.28 bits per heavy atom. The van der Waals surface area contributed by atoms with Crippen molar-refractivity contribution in [3.63, 3.8) is 0 Å². The Hall–Kier alpha value is -1.18. The Kier molecular flexibility index (Phi) is 4.31. The number of rotatable bonds is 3. The molecule has 0 aliphatic carbocycles. The Morgan fingerprint density at radius 3 is 2.33 bits per heavy atom. The van der Waals surface area contributed by atoms with Crippen molar-refractivity contribution in [1.29, 1.82) is 0 Å². The van der Waals surface area contributed by atoms with Gasteiger partial charge in [-0.15, -0.1) is 0 Å².